The van der Waals surface area contributed by atoms with E-state index < -0.39 is 23.4 Å². The molecule has 1 aromatic rings. The van der Waals surface area contributed by atoms with Gasteiger partial charge in [-0.2, -0.15) is 0 Å². The number of hydrogen-bond donors (Lipinski definition) is 3. The van der Waals surface area contributed by atoms with Crippen molar-refractivity contribution < 1.29 is 24.3 Å². The Morgan fingerprint density at radius 2 is 1.79 bits per heavy atom. The number of carbonyl (C=O) groups is 3. The fraction of sp³-hybridized carbons (Fsp3) is 0.640. The quantitative estimate of drug-likeness (QED) is 0.223. The molecule has 0 heterocycles. The molecule has 1 rings (SSSR count). The molecule has 0 bridgehead atoms. The first-order chi connectivity index (χ1) is 15.5. The van der Waals surface area contributed by atoms with E-state index in [2.05, 4.69) is 10.6 Å². The summed E-state index contributed by atoms with van der Waals surface area (Å²) in [6.07, 6.45) is 2.90. The summed E-state index contributed by atoms with van der Waals surface area (Å²) in [5, 5.41) is 16.3. The van der Waals surface area contributed by atoms with Gasteiger partial charge < -0.3 is 15.4 Å². The van der Waals surface area contributed by atoms with E-state index in [9.17, 15) is 19.6 Å². The minimum Gasteiger partial charge on any atom is -0.383 e. The van der Waals surface area contributed by atoms with Crippen molar-refractivity contribution in [3.63, 3.8) is 0 Å². The van der Waals surface area contributed by atoms with Crippen molar-refractivity contribution in [1.29, 1.82) is 0 Å². The smallest absolute Gasteiger partial charge is 0.243 e. The van der Waals surface area contributed by atoms with Gasteiger partial charge in [-0.1, -0.05) is 58.0 Å². The third-order valence-corrected chi connectivity index (χ3v) is 5.89. The van der Waals surface area contributed by atoms with Gasteiger partial charge in [-0.05, 0) is 43.6 Å². The Morgan fingerprint density at radius 3 is 2.30 bits per heavy atom. The molecule has 0 radical (unpaired) electrons. The van der Waals surface area contributed by atoms with Crippen LogP contribution < -0.4 is 10.6 Å². The van der Waals surface area contributed by atoms with E-state index in [-0.39, 0.29) is 17.9 Å². The summed E-state index contributed by atoms with van der Waals surface area (Å²) in [6, 6.07) is 8.23. The zero-order valence-electron chi connectivity index (χ0n) is 20.8. The second-order valence-corrected chi connectivity index (χ2v) is 9.59. The Bertz CT molecular complexity index is 735. The maximum absolute atomic E-state index is 13.3. The van der Waals surface area contributed by atoms with Crippen molar-refractivity contribution in [2.45, 2.75) is 78.4 Å². The molecule has 33 heavy (non-hydrogen) atoms. The normalized spacial score (nSPS) is 15.1. The lowest BCUT2D eigenvalue weighted by atomic mass is 9.84. The number of methoxy groups -OCH3 is 1. The van der Waals surface area contributed by atoms with Crippen molar-refractivity contribution in [3.05, 3.63) is 35.9 Å². The maximum atomic E-state index is 13.3. The maximum Gasteiger partial charge on any atom is 0.243 e. The number of benzene rings is 1. The molecule has 0 aromatic heterocycles. The highest BCUT2D eigenvalue weighted by atomic mass is 16.5. The van der Waals surface area contributed by atoms with E-state index in [0.29, 0.717) is 37.3 Å². The molecular formula is C25H41N3O5. The zero-order valence-corrected chi connectivity index (χ0v) is 20.8. The highest BCUT2D eigenvalue weighted by Gasteiger charge is 2.37. The van der Waals surface area contributed by atoms with Crippen LogP contribution in [0.3, 0.4) is 0 Å². The van der Waals surface area contributed by atoms with Crippen molar-refractivity contribution in [2.24, 2.45) is 11.3 Å². The minimum absolute atomic E-state index is 0.159. The largest absolute Gasteiger partial charge is 0.383 e. The molecule has 1 aromatic carbocycles. The van der Waals surface area contributed by atoms with Gasteiger partial charge in [-0.15, -0.1) is 0 Å². The fourth-order valence-corrected chi connectivity index (χ4v) is 3.71. The molecule has 8 heteroatoms. The fourth-order valence-electron chi connectivity index (χ4n) is 3.71. The van der Waals surface area contributed by atoms with Crippen LogP contribution in [0.5, 0.6) is 0 Å². The Balaban J connectivity index is 2.98. The number of ether oxygens (including phenoxy) is 1. The van der Waals surface area contributed by atoms with Gasteiger partial charge in [0.1, 0.15) is 6.04 Å². The predicted molar refractivity (Wildman–Crippen MR) is 128 cm³/mol. The average molecular weight is 464 g/mol. The van der Waals surface area contributed by atoms with Crippen molar-refractivity contribution in [1.82, 2.24) is 15.7 Å². The summed E-state index contributed by atoms with van der Waals surface area (Å²) in [7, 11) is 1.58. The van der Waals surface area contributed by atoms with Gasteiger partial charge >= 0.3 is 0 Å². The highest BCUT2D eigenvalue weighted by Crippen LogP contribution is 2.23. The van der Waals surface area contributed by atoms with Gasteiger partial charge in [0.05, 0.1) is 24.6 Å². The summed E-state index contributed by atoms with van der Waals surface area (Å²) >= 11 is 0. The van der Waals surface area contributed by atoms with Gasteiger partial charge in [0.15, 0.2) is 0 Å². The van der Waals surface area contributed by atoms with Crippen LogP contribution in [-0.2, 0) is 25.5 Å². The lowest BCUT2D eigenvalue weighted by Gasteiger charge is -2.34. The van der Waals surface area contributed by atoms with Crippen LogP contribution >= 0.6 is 0 Å². The predicted octanol–water partition coefficient (Wildman–Crippen LogP) is 2.93. The molecule has 3 amide bonds. The van der Waals surface area contributed by atoms with Crippen molar-refractivity contribution >= 4 is 18.2 Å². The topological polar surface area (TPSA) is 108 Å². The summed E-state index contributed by atoms with van der Waals surface area (Å²) in [5.74, 6) is -1.33. The standard InChI is InChI=1S/C25H41N3O5/c1-7-20(16-33-6)26-24(31)22(25(3,4)5)27-23(30)21(18(2)28(32)17-29)15-11-14-19-12-9-8-10-13-19/h8-10,12-13,17-18,20-22,32H,7,11,14-16H2,1-6H3,(H,26,31)(H,27,30). The third kappa shape index (κ3) is 9.52. The third-order valence-electron chi connectivity index (χ3n) is 5.89. The van der Waals surface area contributed by atoms with E-state index in [4.69, 9.17) is 4.74 Å². The second-order valence-electron chi connectivity index (χ2n) is 9.59. The van der Waals surface area contributed by atoms with Crippen LogP contribution in [0, 0.1) is 11.3 Å². The van der Waals surface area contributed by atoms with E-state index in [0.717, 1.165) is 12.0 Å². The van der Waals surface area contributed by atoms with Crippen molar-refractivity contribution in [2.75, 3.05) is 13.7 Å². The molecular weight excluding hydrogens is 422 g/mol. The monoisotopic (exact) mass is 463 g/mol. The van der Waals surface area contributed by atoms with Crippen LogP contribution in [0.4, 0.5) is 0 Å². The Morgan fingerprint density at radius 1 is 1.15 bits per heavy atom. The van der Waals surface area contributed by atoms with Crippen LogP contribution in [0.2, 0.25) is 0 Å². The molecule has 0 fully saturated rings. The van der Waals surface area contributed by atoms with E-state index in [1.54, 1.807) is 14.0 Å². The van der Waals surface area contributed by atoms with Gasteiger partial charge in [0.2, 0.25) is 18.2 Å². The van der Waals surface area contributed by atoms with E-state index in [1.807, 2.05) is 58.0 Å². The van der Waals surface area contributed by atoms with Crippen LogP contribution in [0.15, 0.2) is 30.3 Å². The molecule has 8 nitrogen and oxygen atoms in total. The van der Waals surface area contributed by atoms with Gasteiger partial charge in [0, 0.05) is 7.11 Å². The molecule has 0 saturated carbocycles. The number of rotatable bonds is 14. The van der Waals surface area contributed by atoms with Crippen molar-refractivity contribution in [3.8, 4) is 0 Å². The highest BCUT2D eigenvalue weighted by molar-refractivity contribution is 5.89. The van der Waals surface area contributed by atoms with Gasteiger partial charge in [-0.3, -0.25) is 19.6 Å². The Hall–Kier alpha value is -2.45. The van der Waals surface area contributed by atoms with Crippen LogP contribution in [-0.4, -0.2) is 60.3 Å². The molecule has 0 aliphatic heterocycles. The van der Waals surface area contributed by atoms with Crippen LogP contribution in [0.1, 0.15) is 59.4 Å². The molecule has 4 atom stereocenters. The first-order valence-corrected chi connectivity index (χ1v) is 11.6. The summed E-state index contributed by atoms with van der Waals surface area (Å²) in [5.41, 5.74) is 0.600. The SMILES string of the molecule is CCC(COC)NC(=O)C(NC(=O)C(CCCc1ccccc1)C(C)N(O)C=O)C(C)(C)C. The molecule has 0 saturated heterocycles. The average Bonchev–Trinajstić information content (AvgIpc) is 2.78. The zero-order chi connectivity index (χ0) is 25.0. The number of amides is 3. The van der Waals surface area contributed by atoms with Gasteiger partial charge in [0.25, 0.3) is 0 Å². The summed E-state index contributed by atoms with van der Waals surface area (Å²) in [6.45, 7) is 9.60. The Kier molecular flexibility index (Phi) is 12.1. The number of nitrogens with one attached hydrogen (secondary N) is 2. The molecule has 0 aliphatic carbocycles. The number of hydrogen-bond acceptors (Lipinski definition) is 5. The summed E-state index contributed by atoms with van der Waals surface area (Å²) in [4.78, 5) is 37.5. The van der Waals surface area contributed by atoms with Crippen LogP contribution in [0.25, 0.3) is 0 Å². The lowest BCUT2D eigenvalue weighted by molar-refractivity contribution is -0.166. The number of aryl methyl sites for hydroxylation is 1. The van der Waals surface area contributed by atoms with E-state index >= 15 is 0 Å². The first-order valence-electron chi connectivity index (χ1n) is 11.6. The molecule has 0 aliphatic rings. The number of carbonyl (C=O) groups excluding carboxylic acids is 3. The number of nitrogens with zero attached hydrogens (tertiary/aromatic N) is 1. The van der Waals surface area contributed by atoms with E-state index in [1.165, 1.54) is 0 Å². The summed E-state index contributed by atoms with van der Waals surface area (Å²) < 4.78 is 5.16. The second kappa shape index (κ2) is 14.0. The number of hydroxylamine groups is 2. The first kappa shape index (κ1) is 28.6. The molecule has 3 N–H and O–H groups in total. The minimum atomic E-state index is -0.789. The Labute approximate surface area is 198 Å². The molecule has 186 valence electrons. The molecule has 4 unspecified atom stereocenters. The lowest BCUT2D eigenvalue weighted by Crippen LogP contribution is -2.58. The van der Waals surface area contributed by atoms with Gasteiger partial charge in [-0.25, -0.2) is 5.06 Å². The molecule has 0 spiro atoms.